The maximum absolute atomic E-state index is 12.1. The molecule has 2 amide bonds. The Bertz CT molecular complexity index is 368. The monoisotopic (exact) mass is 284 g/mol. The van der Waals surface area contributed by atoms with Crippen LogP contribution < -0.4 is 5.32 Å². The molecule has 0 aliphatic carbocycles. The molecule has 1 atom stereocenters. The number of aliphatic carboxylic acids is 1. The van der Waals surface area contributed by atoms with Gasteiger partial charge < -0.3 is 15.3 Å². The predicted molar refractivity (Wildman–Crippen MR) is 58.1 cm³/mol. The van der Waals surface area contributed by atoms with E-state index in [2.05, 4.69) is 0 Å². The highest BCUT2D eigenvalue weighted by atomic mass is 19.4. The van der Waals surface area contributed by atoms with Gasteiger partial charge in [0, 0.05) is 7.05 Å². The molecule has 0 bridgehead atoms. The molecule has 0 radical (unpaired) electrons. The fraction of sp³-hybridized carbons (Fsp3) is 0.700. The van der Waals surface area contributed by atoms with Crippen LogP contribution in [0, 0.1) is 5.92 Å². The first-order chi connectivity index (χ1) is 8.46. The van der Waals surface area contributed by atoms with Gasteiger partial charge in [0.2, 0.25) is 5.91 Å². The number of halogens is 3. The average molecular weight is 284 g/mol. The highest BCUT2D eigenvalue weighted by Gasteiger charge is 2.41. The molecule has 2 N–H and O–H groups in total. The van der Waals surface area contributed by atoms with Crippen LogP contribution in [0.5, 0.6) is 0 Å². The number of carboxylic acids is 1. The zero-order valence-electron chi connectivity index (χ0n) is 10.6. The van der Waals surface area contributed by atoms with Crippen molar-refractivity contribution in [3.63, 3.8) is 0 Å². The number of alkyl halides is 3. The van der Waals surface area contributed by atoms with Gasteiger partial charge in [-0.2, -0.15) is 13.2 Å². The molecule has 0 saturated heterocycles. The highest BCUT2D eigenvalue weighted by molar-refractivity contribution is 5.91. The van der Waals surface area contributed by atoms with Gasteiger partial charge in [0.1, 0.15) is 12.6 Å². The number of rotatable bonds is 5. The molecule has 0 aromatic carbocycles. The van der Waals surface area contributed by atoms with Crippen LogP contribution in [0.1, 0.15) is 13.8 Å². The summed E-state index contributed by atoms with van der Waals surface area (Å²) >= 11 is 0. The van der Waals surface area contributed by atoms with Crippen LogP contribution in [0.15, 0.2) is 0 Å². The van der Waals surface area contributed by atoms with Crippen molar-refractivity contribution in [2.45, 2.75) is 26.1 Å². The van der Waals surface area contributed by atoms with Crippen molar-refractivity contribution in [3.8, 4) is 0 Å². The van der Waals surface area contributed by atoms with E-state index < -0.39 is 42.5 Å². The molecular weight excluding hydrogens is 269 g/mol. The van der Waals surface area contributed by atoms with Crippen molar-refractivity contribution in [2.75, 3.05) is 13.6 Å². The molecule has 110 valence electrons. The summed E-state index contributed by atoms with van der Waals surface area (Å²) in [6.45, 7) is 2.21. The number of carbonyl (C=O) groups excluding carboxylic acids is 2. The Kier molecular flexibility index (Phi) is 5.79. The van der Waals surface area contributed by atoms with Gasteiger partial charge in [0.25, 0.3) is 0 Å². The van der Waals surface area contributed by atoms with Crippen LogP contribution in [0.25, 0.3) is 0 Å². The maximum atomic E-state index is 12.1. The van der Waals surface area contributed by atoms with E-state index in [1.807, 2.05) is 0 Å². The summed E-state index contributed by atoms with van der Waals surface area (Å²) in [6, 6.07) is -1.43. The molecule has 0 unspecified atom stereocenters. The lowest BCUT2D eigenvalue weighted by Gasteiger charge is -2.26. The molecule has 0 aromatic heterocycles. The molecule has 0 fully saturated rings. The molecule has 0 spiro atoms. The van der Waals surface area contributed by atoms with Gasteiger partial charge in [-0.3, -0.25) is 14.4 Å². The van der Waals surface area contributed by atoms with E-state index in [1.54, 1.807) is 5.32 Å². The number of carboxylic acid groups (broad SMARTS) is 1. The highest BCUT2D eigenvalue weighted by Crippen LogP contribution is 2.16. The minimum absolute atomic E-state index is 0.616. The summed E-state index contributed by atoms with van der Waals surface area (Å²) in [7, 11) is 1.13. The van der Waals surface area contributed by atoms with E-state index in [-0.39, 0.29) is 0 Å². The van der Waals surface area contributed by atoms with Gasteiger partial charge >= 0.3 is 18.1 Å². The Morgan fingerprint density at radius 3 is 2.05 bits per heavy atom. The quantitative estimate of drug-likeness (QED) is 0.756. The van der Waals surface area contributed by atoms with E-state index >= 15 is 0 Å². The zero-order chi connectivity index (χ0) is 15.4. The number of hydrogen-bond acceptors (Lipinski definition) is 3. The number of hydrogen-bond donors (Lipinski definition) is 2. The van der Waals surface area contributed by atoms with Crippen molar-refractivity contribution in [2.24, 2.45) is 5.92 Å². The lowest BCUT2D eigenvalue weighted by atomic mass is 10.0. The third-order valence-electron chi connectivity index (χ3n) is 2.23. The Morgan fingerprint density at radius 2 is 1.74 bits per heavy atom. The molecule has 0 aliphatic heterocycles. The van der Waals surface area contributed by atoms with Crippen LogP contribution in [0.3, 0.4) is 0 Å². The second-order valence-electron chi connectivity index (χ2n) is 4.28. The van der Waals surface area contributed by atoms with Gasteiger partial charge in [0.15, 0.2) is 0 Å². The first-order valence-electron chi connectivity index (χ1n) is 5.31. The second-order valence-corrected chi connectivity index (χ2v) is 4.28. The summed E-state index contributed by atoms with van der Waals surface area (Å²) < 4.78 is 36.3. The number of amides is 2. The number of likely N-dealkylation sites (N-methyl/N-ethyl adjacent to an activating group) is 1. The zero-order valence-corrected chi connectivity index (χ0v) is 10.6. The molecule has 0 rings (SSSR count). The fourth-order valence-corrected chi connectivity index (χ4v) is 1.25. The van der Waals surface area contributed by atoms with Gasteiger partial charge in [-0.05, 0) is 5.92 Å². The minimum Gasteiger partial charge on any atom is -0.480 e. The third kappa shape index (κ3) is 5.58. The molecule has 0 aromatic rings. The lowest BCUT2D eigenvalue weighted by molar-refractivity contribution is -0.175. The third-order valence-corrected chi connectivity index (χ3v) is 2.23. The fourth-order valence-electron chi connectivity index (χ4n) is 1.25. The molecule has 6 nitrogen and oxygen atoms in total. The standard InChI is InChI=1S/C10H15F3N2O4/c1-5(2)7(14-9(19)10(11,12)13)8(18)15(3)4-6(16)17/h5,7H,4H2,1-3H3,(H,14,19)(H,16,17)/t7-/m0/s1. The van der Waals surface area contributed by atoms with Crippen LogP contribution >= 0.6 is 0 Å². The molecule has 19 heavy (non-hydrogen) atoms. The first kappa shape index (κ1) is 17.2. The predicted octanol–water partition coefficient (Wildman–Crippen LogP) is 0.232. The SMILES string of the molecule is CC(C)[C@H](NC(=O)C(F)(F)F)C(=O)N(C)CC(=O)O. The van der Waals surface area contributed by atoms with Crippen molar-refractivity contribution in [1.29, 1.82) is 0 Å². The maximum Gasteiger partial charge on any atom is 0.471 e. The van der Waals surface area contributed by atoms with Crippen LogP contribution in [-0.4, -0.2) is 53.6 Å². The van der Waals surface area contributed by atoms with E-state index in [0.717, 1.165) is 11.9 Å². The summed E-state index contributed by atoms with van der Waals surface area (Å²) in [5.74, 6) is -5.05. The van der Waals surface area contributed by atoms with E-state index in [9.17, 15) is 27.6 Å². The second kappa shape index (κ2) is 6.39. The van der Waals surface area contributed by atoms with E-state index in [0.29, 0.717) is 0 Å². The molecule has 0 aliphatic rings. The van der Waals surface area contributed by atoms with Gasteiger partial charge in [-0.25, -0.2) is 0 Å². The Morgan fingerprint density at radius 1 is 1.26 bits per heavy atom. The van der Waals surface area contributed by atoms with Crippen LogP contribution in [-0.2, 0) is 14.4 Å². The average Bonchev–Trinajstić information content (AvgIpc) is 2.21. The first-order valence-corrected chi connectivity index (χ1v) is 5.31. The topological polar surface area (TPSA) is 86.7 Å². The smallest absolute Gasteiger partial charge is 0.471 e. The number of carbonyl (C=O) groups is 3. The van der Waals surface area contributed by atoms with Gasteiger partial charge in [-0.1, -0.05) is 13.8 Å². The molecule has 0 heterocycles. The largest absolute Gasteiger partial charge is 0.480 e. The van der Waals surface area contributed by atoms with Crippen molar-refractivity contribution in [3.05, 3.63) is 0 Å². The van der Waals surface area contributed by atoms with Crippen molar-refractivity contribution < 1.29 is 32.7 Å². The lowest BCUT2D eigenvalue weighted by Crippen LogP contribution is -2.54. The summed E-state index contributed by atoms with van der Waals surface area (Å²) in [5, 5.41) is 10.1. The van der Waals surface area contributed by atoms with Gasteiger partial charge in [0.05, 0.1) is 0 Å². The summed E-state index contributed by atoms with van der Waals surface area (Å²) in [5.41, 5.74) is 0. The molecular formula is C10H15F3N2O4. The number of nitrogens with one attached hydrogen (secondary N) is 1. The summed E-state index contributed by atoms with van der Waals surface area (Å²) in [6.07, 6.45) is -5.10. The van der Waals surface area contributed by atoms with Crippen molar-refractivity contribution in [1.82, 2.24) is 10.2 Å². The normalized spacial score (nSPS) is 13.0. The Balaban J connectivity index is 4.88. The van der Waals surface area contributed by atoms with Gasteiger partial charge in [-0.15, -0.1) is 0 Å². The Labute approximate surface area is 107 Å². The minimum atomic E-state index is -5.10. The van der Waals surface area contributed by atoms with E-state index in [4.69, 9.17) is 5.11 Å². The van der Waals surface area contributed by atoms with Crippen molar-refractivity contribution >= 4 is 17.8 Å². The van der Waals surface area contributed by atoms with Crippen LogP contribution in [0.4, 0.5) is 13.2 Å². The number of nitrogens with zero attached hydrogens (tertiary/aromatic N) is 1. The Hall–Kier alpha value is -1.80. The van der Waals surface area contributed by atoms with Crippen LogP contribution in [0.2, 0.25) is 0 Å². The molecule has 0 saturated carbocycles. The van der Waals surface area contributed by atoms with E-state index in [1.165, 1.54) is 13.8 Å². The summed E-state index contributed by atoms with van der Waals surface area (Å²) in [4.78, 5) is 33.7. The molecule has 9 heteroatoms.